The molecule has 1 aromatic carbocycles. The van der Waals surface area contributed by atoms with Crippen LogP contribution in [0.1, 0.15) is 27.2 Å². The molecule has 2 aromatic rings. The first-order valence-corrected chi connectivity index (χ1v) is 7.06. The highest BCUT2D eigenvalue weighted by Crippen LogP contribution is 2.30. The Hall–Kier alpha value is -1.81. The van der Waals surface area contributed by atoms with Gasteiger partial charge in [0.1, 0.15) is 5.58 Å². The molecule has 0 atom stereocenters. The Labute approximate surface area is 118 Å². The van der Waals surface area contributed by atoms with Gasteiger partial charge in [0, 0.05) is 36.5 Å². The average molecular weight is 272 g/mol. The summed E-state index contributed by atoms with van der Waals surface area (Å²) in [7, 11) is 0. The van der Waals surface area contributed by atoms with Gasteiger partial charge in [0.2, 0.25) is 0 Å². The third kappa shape index (κ3) is 2.10. The first-order chi connectivity index (χ1) is 9.58. The van der Waals surface area contributed by atoms with Crippen molar-refractivity contribution in [2.75, 3.05) is 19.6 Å². The molecule has 20 heavy (non-hydrogen) atoms. The number of carbonyl (C=O) groups excluding carboxylic acids is 1. The molecule has 0 saturated carbocycles. The van der Waals surface area contributed by atoms with Crippen LogP contribution in [-0.4, -0.2) is 25.5 Å². The van der Waals surface area contributed by atoms with Crippen LogP contribution >= 0.6 is 0 Å². The fraction of sp³-hybridized carbons (Fsp3) is 0.438. The number of aryl methyl sites for hydroxylation is 3. The standard InChI is InChI=1S/C16H20N2O2/c1-9-4-5-10(2)14-13(9)11(3)15(20-14)16(19)18-8-12-6-17-7-12/h4-5,12,17H,6-8H2,1-3H3,(H,18,19). The molecule has 0 radical (unpaired) electrons. The molecule has 106 valence electrons. The normalized spacial score (nSPS) is 15.3. The number of carbonyl (C=O) groups is 1. The van der Waals surface area contributed by atoms with Crippen LogP contribution in [0.3, 0.4) is 0 Å². The first kappa shape index (κ1) is 13.2. The lowest BCUT2D eigenvalue weighted by Crippen LogP contribution is -2.48. The monoisotopic (exact) mass is 272 g/mol. The highest BCUT2D eigenvalue weighted by atomic mass is 16.3. The Morgan fingerprint density at radius 1 is 1.30 bits per heavy atom. The summed E-state index contributed by atoms with van der Waals surface area (Å²) < 4.78 is 5.83. The van der Waals surface area contributed by atoms with Crippen LogP contribution < -0.4 is 10.6 Å². The Balaban J connectivity index is 1.91. The van der Waals surface area contributed by atoms with Gasteiger partial charge in [-0.1, -0.05) is 12.1 Å². The highest BCUT2D eigenvalue weighted by molar-refractivity contribution is 6.00. The second-order valence-corrected chi connectivity index (χ2v) is 5.69. The highest BCUT2D eigenvalue weighted by Gasteiger charge is 2.22. The molecule has 4 heteroatoms. The number of fused-ring (bicyclic) bond motifs is 1. The molecule has 1 aromatic heterocycles. The van der Waals surface area contributed by atoms with Crippen LogP contribution in [0.2, 0.25) is 0 Å². The minimum atomic E-state index is -0.107. The lowest BCUT2D eigenvalue weighted by atomic mass is 10.0. The Morgan fingerprint density at radius 3 is 2.60 bits per heavy atom. The largest absolute Gasteiger partial charge is 0.450 e. The summed E-state index contributed by atoms with van der Waals surface area (Å²) in [5.74, 6) is 0.890. The van der Waals surface area contributed by atoms with Crippen LogP contribution in [0.15, 0.2) is 16.5 Å². The van der Waals surface area contributed by atoms with Crippen molar-refractivity contribution in [3.63, 3.8) is 0 Å². The molecule has 0 bridgehead atoms. The Morgan fingerprint density at radius 2 is 2.00 bits per heavy atom. The van der Waals surface area contributed by atoms with Crippen molar-refractivity contribution in [3.05, 3.63) is 34.6 Å². The topological polar surface area (TPSA) is 54.3 Å². The summed E-state index contributed by atoms with van der Waals surface area (Å²) in [5.41, 5.74) is 3.98. The molecule has 1 amide bonds. The zero-order valence-corrected chi connectivity index (χ0v) is 12.2. The number of furan rings is 1. The molecule has 1 aliphatic rings. The molecule has 4 nitrogen and oxygen atoms in total. The summed E-state index contributed by atoms with van der Waals surface area (Å²) in [6.45, 7) is 8.69. The van der Waals surface area contributed by atoms with Gasteiger partial charge < -0.3 is 15.1 Å². The summed E-state index contributed by atoms with van der Waals surface area (Å²) in [6, 6.07) is 4.10. The lowest BCUT2D eigenvalue weighted by Gasteiger charge is -2.26. The minimum Gasteiger partial charge on any atom is -0.450 e. The second-order valence-electron chi connectivity index (χ2n) is 5.69. The van der Waals surface area contributed by atoms with Gasteiger partial charge in [-0.05, 0) is 31.9 Å². The SMILES string of the molecule is Cc1ccc(C)c2c(C)c(C(=O)NCC3CNC3)oc12. The van der Waals surface area contributed by atoms with Crippen molar-refractivity contribution in [1.82, 2.24) is 10.6 Å². The van der Waals surface area contributed by atoms with Crippen molar-refractivity contribution >= 4 is 16.9 Å². The number of benzene rings is 1. The van der Waals surface area contributed by atoms with E-state index in [1.54, 1.807) is 0 Å². The lowest BCUT2D eigenvalue weighted by molar-refractivity contribution is 0.0915. The van der Waals surface area contributed by atoms with Gasteiger partial charge >= 0.3 is 0 Å². The van der Waals surface area contributed by atoms with Gasteiger partial charge in [-0.15, -0.1) is 0 Å². The van der Waals surface area contributed by atoms with Gasteiger partial charge in [0.05, 0.1) is 0 Å². The zero-order valence-electron chi connectivity index (χ0n) is 12.2. The van der Waals surface area contributed by atoms with Crippen molar-refractivity contribution in [1.29, 1.82) is 0 Å². The summed E-state index contributed by atoms with van der Waals surface area (Å²) >= 11 is 0. The van der Waals surface area contributed by atoms with E-state index in [2.05, 4.69) is 16.7 Å². The van der Waals surface area contributed by atoms with Gasteiger partial charge in [-0.3, -0.25) is 4.79 Å². The minimum absolute atomic E-state index is 0.107. The van der Waals surface area contributed by atoms with Gasteiger partial charge in [-0.2, -0.15) is 0 Å². The molecule has 1 aliphatic heterocycles. The van der Waals surface area contributed by atoms with E-state index in [1.165, 1.54) is 0 Å². The fourth-order valence-electron chi connectivity index (χ4n) is 2.70. The van der Waals surface area contributed by atoms with Crippen LogP contribution in [-0.2, 0) is 0 Å². The predicted octanol–water partition coefficient (Wildman–Crippen LogP) is 2.31. The van der Waals surface area contributed by atoms with Gasteiger partial charge in [0.25, 0.3) is 5.91 Å². The number of hydrogen-bond acceptors (Lipinski definition) is 3. The molecular weight excluding hydrogens is 252 g/mol. The molecule has 3 rings (SSSR count). The van der Waals surface area contributed by atoms with E-state index in [-0.39, 0.29) is 5.91 Å². The van der Waals surface area contributed by atoms with Crippen molar-refractivity contribution in [2.45, 2.75) is 20.8 Å². The molecular formula is C16H20N2O2. The molecule has 2 heterocycles. The van der Waals surface area contributed by atoms with Crippen molar-refractivity contribution in [3.8, 4) is 0 Å². The third-order valence-corrected chi connectivity index (χ3v) is 4.11. The molecule has 2 N–H and O–H groups in total. The molecule has 1 fully saturated rings. The number of amides is 1. The van der Waals surface area contributed by atoms with Crippen LogP contribution in [0, 0.1) is 26.7 Å². The van der Waals surface area contributed by atoms with Crippen LogP contribution in [0.5, 0.6) is 0 Å². The molecule has 0 spiro atoms. The Bertz CT molecular complexity index is 669. The fourth-order valence-corrected chi connectivity index (χ4v) is 2.70. The predicted molar refractivity (Wildman–Crippen MR) is 79.1 cm³/mol. The quantitative estimate of drug-likeness (QED) is 0.901. The van der Waals surface area contributed by atoms with E-state index in [0.717, 1.165) is 40.7 Å². The molecule has 1 saturated heterocycles. The van der Waals surface area contributed by atoms with Gasteiger partial charge in [-0.25, -0.2) is 0 Å². The number of nitrogens with one attached hydrogen (secondary N) is 2. The van der Waals surface area contributed by atoms with Crippen LogP contribution in [0.25, 0.3) is 11.0 Å². The zero-order chi connectivity index (χ0) is 14.3. The van der Waals surface area contributed by atoms with Crippen LogP contribution in [0.4, 0.5) is 0 Å². The van der Waals surface area contributed by atoms with E-state index < -0.39 is 0 Å². The maximum absolute atomic E-state index is 12.3. The molecule has 0 unspecified atom stereocenters. The number of hydrogen-bond donors (Lipinski definition) is 2. The maximum atomic E-state index is 12.3. The summed E-state index contributed by atoms with van der Waals surface area (Å²) in [6.07, 6.45) is 0. The first-order valence-electron chi connectivity index (χ1n) is 7.06. The van der Waals surface area contributed by atoms with Crippen molar-refractivity contribution in [2.24, 2.45) is 5.92 Å². The van der Waals surface area contributed by atoms with Crippen molar-refractivity contribution < 1.29 is 9.21 Å². The van der Waals surface area contributed by atoms with Gasteiger partial charge in [0.15, 0.2) is 5.76 Å². The Kier molecular flexibility index (Phi) is 3.26. The smallest absolute Gasteiger partial charge is 0.287 e. The molecule has 0 aliphatic carbocycles. The van der Waals surface area contributed by atoms with E-state index in [0.29, 0.717) is 18.2 Å². The maximum Gasteiger partial charge on any atom is 0.287 e. The number of rotatable bonds is 3. The van der Waals surface area contributed by atoms with E-state index in [9.17, 15) is 4.79 Å². The van der Waals surface area contributed by atoms with E-state index in [1.807, 2.05) is 26.8 Å². The van der Waals surface area contributed by atoms with E-state index >= 15 is 0 Å². The second kappa shape index (κ2) is 4.94. The third-order valence-electron chi connectivity index (χ3n) is 4.11. The van der Waals surface area contributed by atoms with E-state index in [4.69, 9.17) is 4.42 Å². The summed E-state index contributed by atoms with van der Waals surface area (Å²) in [4.78, 5) is 12.3. The average Bonchev–Trinajstić information content (AvgIpc) is 2.71. The summed E-state index contributed by atoms with van der Waals surface area (Å²) in [5, 5.41) is 7.24.